The number of aryl methyl sites for hydroxylation is 2. The number of ether oxygens (including phenoxy) is 2. The summed E-state index contributed by atoms with van der Waals surface area (Å²) in [5.41, 5.74) is 10.3. The van der Waals surface area contributed by atoms with Gasteiger partial charge in [0.05, 0.1) is 34.7 Å². The van der Waals surface area contributed by atoms with E-state index in [-0.39, 0.29) is 31.6 Å². The van der Waals surface area contributed by atoms with Crippen LogP contribution in [0.25, 0.3) is 22.2 Å². The van der Waals surface area contributed by atoms with Gasteiger partial charge in [0.15, 0.2) is 0 Å². The summed E-state index contributed by atoms with van der Waals surface area (Å²) in [5.74, 6) is -0.171. The second kappa shape index (κ2) is 11.7. The Labute approximate surface area is 240 Å². The number of carbonyl (C=O) groups excluding carboxylic acids is 1. The number of esters is 1. The van der Waals surface area contributed by atoms with Gasteiger partial charge in [-0.1, -0.05) is 35.9 Å². The van der Waals surface area contributed by atoms with Crippen LogP contribution in [0.15, 0.2) is 55.0 Å². The average molecular weight is 617 g/mol. The monoisotopic (exact) mass is 616 g/mol. The van der Waals surface area contributed by atoms with Crippen molar-refractivity contribution in [2.24, 2.45) is 0 Å². The number of nitrogens with zero attached hydrogens (tertiary/aromatic N) is 3. The third-order valence-electron chi connectivity index (χ3n) is 7.17. The van der Waals surface area contributed by atoms with Crippen molar-refractivity contribution < 1.29 is 43.0 Å². The molecule has 6 N–H and O–H groups in total. The van der Waals surface area contributed by atoms with E-state index in [4.69, 9.17) is 15.2 Å². The molecule has 1 aliphatic heterocycles. The highest BCUT2D eigenvalue weighted by atomic mass is 31.2. The second-order valence-electron chi connectivity index (χ2n) is 10.2. The first-order chi connectivity index (χ1) is 19.8. The lowest BCUT2D eigenvalue weighted by atomic mass is 10.0. The molecule has 222 valence electrons. The molecular formula is C27H30N4O9P2. The highest BCUT2D eigenvalue weighted by Crippen LogP contribution is 2.40. The van der Waals surface area contributed by atoms with Crippen LogP contribution in [0.5, 0.6) is 0 Å². The molecule has 0 bridgehead atoms. The van der Waals surface area contributed by atoms with Crippen molar-refractivity contribution in [2.75, 3.05) is 18.9 Å². The van der Waals surface area contributed by atoms with Crippen LogP contribution in [0.4, 0.5) is 5.82 Å². The zero-order valence-electron chi connectivity index (χ0n) is 22.5. The van der Waals surface area contributed by atoms with Crippen LogP contribution in [0.2, 0.25) is 0 Å². The molecule has 3 heterocycles. The molecule has 0 aliphatic carbocycles. The normalized spacial score (nSPS) is 17.5. The molecule has 1 saturated heterocycles. The van der Waals surface area contributed by atoms with E-state index in [1.165, 1.54) is 12.4 Å². The van der Waals surface area contributed by atoms with E-state index in [0.29, 0.717) is 30.1 Å². The van der Waals surface area contributed by atoms with Gasteiger partial charge in [-0.2, -0.15) is 0 Å². The summed E-state index contributed by atoms with van der Waals surface area (Å²) in [4.78, 5) is 59.0. The van der Waals surface area contributed by atoms with Crippen molar-refractivity contribution in [3.05, 3.63) is 66.1 Å². The molecular weight excluding hydrogens is 586 g/mol. The van der Waals surface area contributed by atoms with Crippen molar-refractivity contribution in [1.82, 2.24) is 14.5 Å². The molecule has 2 aromatic carbocycles. The Kier molecular flexibility index (Phi) is 8.37. The van der Waals surface area contributed by atoms with Gasteiger partial charge in [-0.05, 0) is 43.0 Å². The highest BCUT2D eigenvalue weighted by molar-refractivity contribution is 7.67. The second-order valence-corrected chi connectivity index (χ2v) is 13.4. The van der Waals surface area contributed by atoms with Crippen molar-refractivity contribution in [3.8, 4) is 11.1 Å². The standard InChI is InChI=1S/C27H30N4O9P2/c1-16-2-6-18(7-3-16)21-12-31(27-25(21)26(28)29-15-30-27)19-11-20(39-13-19)14-40-24(32)9-5-17-4-8-22(41(33,34)35)23(10-17)42(36,37)38/h2-4,6-8,10,12,15,19-20H,5,9,11,13-14H2,1H3,(H2,28,29,30)(H2,33,34,35)(H2,36,37,38)/t19-,20-/m1/s1. The summed E-state index contributed by atoms with van der Waals surface area (Å²) in [6.45, 7) is 2.41. The molecule has 42 heavy (non-hydrogen) atoms. The summed E-state index contributed by atoms with van der Waals surface area (Å²) in [6, 6.07) is 11.3. The minimum Gasteiger partial charge on any atom is -0.463 e. The van der Waals surface area contributed by atoms with Crippen LogP contribution in [-0.4, -0.2) is 59.4 Å². The van der Waals surface area contributed by atoms with Crippen LogP contribution in [0, 0.1) is 6.92 Å². The zero-order valence-corrected chi connectivity index (χ0v) is 24.3. The number of carbonyl (C=O) groups is 1. The Morgan fingerprint density at radius 3 is 2.48 bits per heavy atom. The van der Waals surface area contributed by atoms with E-state index < -0.39 is 31.8 Å². The maximum Gasteiger partial charge on any atom is 0.357 e. The van der Waals surface area contributed by atoms with Gasteiger partial charge in [-0.15, -0.1) is 0 Å². The SMILES string of the molecule is Cc1ccc(-c2cn([C@H]3CO[C@@H](COC(=O)CCc4ccc(P(=O)(O)O)c(P(=O)(O)O)c4)C3)c3ncnc(N)c23)cc1. The molecule has 2 atom stereocenters. The summed E-state index contributed by atoms with van der Waals surface area (Å²) in [7, 11) is -9.87. The Bertz CT molecular complexity index is 1730. The first-order valence-corrected chi connectivity index (χ1v) is 16.2. The Morgan fingerprint density at radius 1 is 1.07 bits per heavy atom. The fourth-order valence-electron chi connectivity index (χ4n) is 5.04. The number of fused-ring (bicyclic) bond motifs is 1. The van der Waals surface area contributed by atoms with Gasteiger partial charge in [-0.3, -0.25) is 13.9 Å². The number of rotatable bonds is 9. The fourth-order valence-corrected chi connectivity index (χ4v) is 7.16. The van der Waals surface area contributed by atoms with E-state index in [9.17, 15) is 33.5 Å². The van der Waals surface area contributed by atoms with E-state index in [1.54, 1.807) is 0 Å². The predicted octanol–water partition coefficient (Wildman–Crippen LogP) is 2.10. The summed E-state index contributed by atoms with van der Waals surface area (Å²) in [6.07, 6.45) is 3.56. The molecule has 15 heteroatoms. The molecule has 1 fully saturated rings. The molecule has 0 unspecified atom stereocenters. The van der Waals surface area contributed by atoms with E-state index in [2.05, 4.69) is 9.97 Å². The molecule has 2 aromatic heterocycles. The van der Waals surface area contributed by atoms with Crippen LogP contribution >= 0.6 is 15.2 Å². The number of hydrogen-bond donors (Lipinski definition) is 5. The first kappa shape index (κ1) is 30.1. The van der Waals surface area contributed by atoms with Gasteiger partial charge in [0, 0.05) is 18.2 Å². The van der Waals surface area contributed by atoms with Crippen LogP contribution in [-0.2, 0) is 29.8 Å². The lowest BCUT2D eigenvalue weighted by Gasteiger charge is -2.14. The number of anilines is 1. The van der Waals surface area contributed by atoms with Gasteiger partial charge < -0.3 is 39.3 Å². The number of benzene rings is 2. The predicted molar refractivity (Wildman–Crippen MR) is 155 cm³/mol. The first-order valence-electron chi connectivity index (χ1n) is 13.0. The maximum absolute atomic E-state index is 12.4. The highest BCUT2D eigenvalue weighted by Gasteiger charge is 2.32. The Balaban J connectivity index is 1.22. The van der Waals surface area contributed by atoms with Crippen molar-refractivity contribution >= 4 is 48.6 Å². The molecule has 4 aromatic rings. The lowest BCUT2D eigenvalue weighted by molar-refractivity contribution is -0.146. The average Bonchev–Trinajstić information content (AvgIpc) is 3.56. The topological polar surface area (TPSA) is 207 Å². The minimum absolute atomic E-state index is 0.0152. The molecule has 0 radical (unpaired) electrons. The summed E-state index contributed by atoms with van der Waals surface area (Å²) < 4.78 is 36.7. The quantitative estimate of drug-likeness (QED) is 0.135. The molecule has 13 nitrogen and oxygen atoms in total. The number of aromatic nitrogens is 3. The zero-order chi connectivity index (χ0) is 30.2. The number of nitrogen functional groups attached to an aromatic ring is 1. The van der Waals surface area contributed by atoms with Crippen LogP contribution in [0.1, 0.15) is 30.0 Å². The van der Waals surface area contributed by atoms with E-state index in [0.717, 1.165) is 34.2 Å². The van der Waals surface area contributed by atoms with E-state index in [1.807, 2.05) is 42.0 Å². The largest absolute Gasteiger partial charge is 0.463 e. The van der Waals surface area contributed by atoms with Crippen LogP contribution < -0.4 is 16.3 Å². The third-order valence-corrected chi connectivity index (χ3v) is 9.36. The van der Waals surface area contributed by atoms with Crippen molar-refractivity contribution in [3.63, 3.8) is 0 Å². The molecule has 0 spiro atoms. The maximum atomic E-state index is 12.4. The summed E-state index contributed by atoms with van der Waals surface area (Å²) >= 11 is 0. The van der Waals surface area contributed by atoms with Crippen LogP contribution in [0.3, 0.4) is 0 Å². The van der Waals surface area contributed by atoms with Gasteiger partial charge in [0.25, 0.3) is 0 Å². The molecule has 1 aliphatic rings. The Morgan fingerprint density at radius 2 is 1.79 bits per heavy atom. The molecule has 0 amide bonds. The third kappa shape index (κ3) is 6.48. The van der Waals surface area contributed by atoms with Gasteiger partial charge in [-0.25, -0.2) is 9.97 Å². The van der Waals surface area contributed by atoms with Gasteiger partial charge in [0.2, 0.25) is 0 Å². The van der Waals surface area contributed by atoms with Gasteiger partial charge in [0.1, 0.15) is 24.4 Å². The lowest BCUT2D eigenvalue weighted by Crippen LogP contribution is -2.25. The molecule has 0 saturated carbocycles. The van der Waals surface area contributed by atoms with Crippen molar-refractivity contribution in [2.45, 2.75) is 38.3 Å². The number of nitrogens with two attached hydrogens (primary N) is 1. The van der Waals surface area contributed by atoms with Crippen molar-refractivity contribution in [1.29, 1.82) is 0 Å². The Hall–Kier alpha value is -3.41. The van der Waals surface area contributed by atoms with E-state index >= 15 is 0 Å². The summed E-state index contributed by atoms with van der Waals surface area (Å²) in [5, 5.41) is -0.750. The minimum atomic E-state index is -4.96. The smallest absolute Gasteiger partial charge is 0.357 e. The number of hydrogen-bond acceptors (Lipinski definition) is 8. The molecule has 5 rings (SSSR count). The van der Waals surface area contributed by atoms with Gasteiger partial charge >= 0.3 is 21.2 Å². The fraction of sp³-hybridized carbons (Fsp3) is 0.296.